The summed E-state index contributed by atoms with van der Waals surface area (Å²) in [5.41, 5.74) is 0.619. The van der Waals surface area contributed by atoms with Crippen LogP contribution in [0.25, 0.3) is 0 Å². The first-order valence-electron chi connectivity index (χ1n) is 10.1. The quantitative estimate of drug-likeness (QED) is 0.732. The molecular weight excluding hydrogens is 356 g/mol. The molecule has 2 aromatic rings. The van der Waals surface area contributed by atoms with E-state index in [9.17, 15) is 4.79 Å². The van der Waals surface area contributed by atoms with Gasteiger partial charge in [0.1, 0.15) is 5.76 Å². The maximum atomic E-state index is 13.5. The molecule has 152 valence electrons. The first-order chi connectivity index (χ1) is 13.5. The first kappa shape index (κ1) is 19.2. The van der Waals surface area contributed by atoms with E-state index in [-0.39, 0.29) is 11.8 Å². The molecule has 7 heteroatoms. The predicted octanol–water partition coefficient (Wildman–Crippen LogP) is 2.52. The van der Waals surface area contributed by atoms with E-state index in [0.717, 1.165) is 44.1 Å². The molecule has 2 aliphatic heterocycles. The average molecular weight is 386 g/mol. The zero-order valence-electron chi connectivity index (χ0n) is 17.0. The standard InChI is InChI=1S/C21H30N4O3/c1-16(2)25-13-19(22-15-25)18-12-23(11-17-5-4-9-28-17)14-21(18)6-7-24(20(21)26)8-10-27-3/h4-5,9,13,15-16,18H,6-8,10-12,14H2,1-3H3/t18-,21+/m1/s1. The molecule has 2 fully saturated rings. The van der Waals surface area contributed by atoms with Gasteiger partial charge in [0.15, 0.2) is 0 Å². The number of hydrogen-bond donors (Lipinski definition) is 0. The number of nitrogens with zero attached hydrogens (tertiary/aromatic N) is 4. The molecule has 0 bridgehead atoms. The average Bonchev–Trinajstić information content (AvgIpc) is 3.44. The number of rotatable bonds is 7. The van der Waals surface area contributed by atoms with Gasteiger partial charge in [-0.25, -0.2) is 4.98 Å². The van der Waals surface area contributed by atoms with Crippen LogP contribution in [-0.4, -0.2) is 65.2 Å². The normalized spacial score (nSPS) is 25.6. The van der Waals surface area contributed by atoms with E-state index in [1.807, 2.05) is 23.4 Å². The summed E-state index contributed by atoms with van der Waals surface area (Å²) in [7, 11) is 1.68. The van der Waals surface area contributed by atoms with Crippen LogP contribution in [0.1, 0.15) is 43.7 Å². The van der Waals surface area contributed by atoms with E-state index in [1.54, 1.807) is 13.4 Å². The number of aromatic nitrogens is 2. The van der Waals surface area contributed by atoms with Crippen molar-refractivity contribution in [3.8, 4) is 0 Å². The van der Waals surface area contributed by atoms with Crippen molar-refractivity contribution in [3.05, 3.63) is 42.4 Å². The van der Waals surface area contributed by atoms with Crippen LogP contribution in [0.4, 0.5) is 0 Å². The van der Waals surface area contributed by atoms with Gasteiger partial charge < -0.3 is 18.6 Å². The zero-order valence-corrected chi connectivity index (χ0v) is 17.0. The second-order valence-corrected chi connectivity index (χ2v) is 8.33. The van der Waals surface area contributed by atoms with Crippen molar-refractivity contribution in [1.82, 2.24) is 19.4 Å². The van der Waals surface area contributed by atoms with E-state index in [2.05, 4.69) is 29.5 Å². The molecule has 2 aromatic heterocycles. The highest BCUT2D eigenvalue weighted by atomic mass is 16.5. The number of likely N-dealkylation sites (tertiary alicyclic amines) is 2. The Balaban J connectivity index is 1.61. The van der Waals surface area contributed by atoms with Crippen molar-refractivity contribution in [2.45, 2.75) is 38.8 Å². The second kappa shape index (κ2) is 7.72. The van der Waals surface area contributed by atoms with Gasteiger partial charge in [-0.05, 0) is 32.4 Å². The van der Waals surface area contributed by atoms with Crippen LogP contribution in [-0.2, 0) is 16.1 Å². The van der Waals surface area contributed by atoms with Gasteiger partial charge in [0.05, 0.1) is 36.9 Å². The third-order valence-electron chi connectivity index (χ3n) is 6.25. The fourth-order valence-corrected chi connectivity index (χ4v) is 4.68. The Morgan fingerprint density at radius 2 is 2.29 bits per heavy atom. The van der Waals surface area contributed by atoms with Gasteiger partial charge in [-0.3, -0.25) is 9.69 Å². The number of carbonyl (C=O) groups is 1. The van der Waals surface area contributed by atoms with Crippen molar-refractivity contribution in [1.29, 1.82) is 0 Å². The monoisotopic (exact) mass is 386 g/mol. The molecule has 4 heterocycles. The summed E-state index contributed by atoms with van der Waals surface area (Å²) in [5.74, 6) is 1.28. The van der Waals surface area contributed by atoms with Crippen LogP contribution in [0.15, 0.2) is 35.3 Å². The Morgan fingerprint density at radius 3 is 2.96 bits per heavy atom. The molecule has 1 spiro atoms. The fourth-order valence-electron chi connectivity index (χ4n) is 4.68. The van der Waals surface area contributed by atoms with Crippen molar-refractivity contribution < 1.29 is 13.9 Å². The first-order valence-corrected chi connectivity index (χ1v) is 10.1. The Bertz CT molecular complexity index is 800. The summed E-state index contributed by atoms with van der Waals surface area (Å²) in [4.78, 5) is 22.5. The van der Waals surface area contributed by atoms with E-state index < -0.39 is 5.41 Å². The molecule has 7 nitrogen and oxygen atoms in total. The number of methoxy groups -OCH3 is 1. The van der Waals surface area contributed by atoms with Gasteiger partial charge in [-0.2, -0.15) is 0 Å². The lowest BCUT2D eigenvalue weighted by atomic mass is 9.75. The highest BCUT2D eigenvalue weighted by molar-refractivity contribution is 5.86. The van der Waals surface area contributed by atoms with Crippen LogP contribution in [0.2, 0.25) is 0 Å². The zero-order chi connectivity index (χ0) is 19.7. The highest BCUT2D eigenvalue weighted by Crippen LogP contribution is 2.49. The lowest BCUT2D eigenvalue weighted by Crippen LogP contribution is -2.40. The van der Waals surface area contributed by atoms with Gasteiger partial charge in [-0.15, -0.1) is 0 Å². The number of amides is 1. The summed E-state index contributed by atoms with van der Waals surface area (Å²) in [6, 6.07) is 4.26. The molecule has 0 aliphatic carbocycles. The lowest BCUT2D eigenvalue weighted by molar-refractivity contribution is -0.136. The lowest BCUT2D eigenvalue weighted by Gasteiger charge is -2.28. The Hall–Kier alpha value is -2.12. The Labute approximate surface area is 166 Å². The van der Waals surface area contributed by atoms with Gasteiger partial charge in [0, 0.05) is 51.4 Å². The number of imidazole rings is 1. The highest BCUT2D eigenvalue weighted by Gasteiger charge is 2.57. The molecule has 0 radical (unpaired) electrons. The Kier molecular flexibility index (Phi) is 5.29. The number of ether oxygens (including phenoxy) is 1. The molecule has 0 N–H and O–H groups in total. The summed E-state index contributed by atoms with van der Waals surface area (Å²) in [5, 5.41) is 0. The van der Waals surface area contributed by atoms with Crippen molar-refractivity contribution in [2.75, 3.05) is 39.9 Å². The molecule has 28 heavy (non-hydrogen) atoms. The maximum Gasteiger partial charge on any atom is 0.230 e. The van der Waals surface area contributed by atoms with Gasteiger partial charge in [-0.1, -0.05) is 0 Å². The van der Waals surface area contributed by atoms with E-state index in [1.165, 1.54) is 0 Å². The van der Waals surface area contributed by atoms with Crippen molar-refractivity contribution >= 4 is 5.91 Å². The van der Waals surface area contributed by atoms with Crippen molar-refractivity contribution in [2.24, 2.45) is 5.41 Å². The fraction of sp³-hybridized carbons (Fsp3) is 0.619. The SMILES string of the molecule is COCCN1CC[C@@]2(CN(Cc3ccco3)C[C@@H]2c2cn(C(C)C)cn2)C1=O. The third-order valence-corrected chi connectivity index (χ3v) is 6.25. The van der Waals surface area contributed by atoms with Crippen molar-refractivity contribution in [3.63, 3.8) is 0 Å². The van der Waals surface area contributed by atoms with Gasteiger partial charge in [0.25, 0.3) is 0 Å². The number of carbonyl (C=O) groups excluding carboxylic acids is 1. The minimum atomic E-state index is -0.406. The summed E-state index contributed by atoms with van der Waals surface area (Å²) in [6.45, 7) is 8.60. The van der Waals surface area contributed by atoms with Crippen LogP contribution in [0.5, 0.6) is 0 Å². The minimum absolute atomic E-state index is 0.0995. The smallest absolute Gasteiger partial charge is 0.230 e. The molecule has 0 aromatic carbocycles. The number of hydrogen-bond acceptors (Lipinski definition) is 5. The largest absolute Gasteiger partial charge is 0.468 e. The third kappa shape index (κ3) is 3.37. The molecule has 0 unspecified atom stereocenters. The predicted molar refractivity (Wildman–Crippen MR) is 105 cm³/mol. The summed E-state index contributed by atoms with van der Waals surface area (Å²) in [6.07, 6.45) is 6.59. The summed E-state index contributed by atoms with van der Waals surface area (Å²) < 4.78 is 12.9. The molecule has 2 saturated heterocycles. The molecule has 2 aliphatic rings. The van der Waals surface area contributed by atoms with Crippen LogP contribution >= 0.6 is 0 Å². The summed E-state index contributed by atoms with van der Waals surface area (Å²) >= 11 is 0. The molecule has 1 amide bonds. The van der Waals surface area contributed by atoms with Gasteiger partial charge in [0.2, 0.25) is 5.91 Å². The second-order valence-electron chi connectivity index (χ2n) is 8.33. The van der Waals surface area contributed by atoms with Crippen LogP contribution < -0.4 is 0 Å². The van der Waals surface area contributed by atoms with Gasteiger partial charge >= 0.3 is 0 Å². The topological polar surface area (TPSA) is 63.7 Å². The van der Waals surface area contributed by atoms with Crippen LogP contribution in [0, 0.1) is 5.41 Å². The minimum Gasteiger partial charge on any atom is -0.468 e. The molecule has 0 saturated carbocycles. The van der Waals surface area contributed by atoms with Crippen LogP contribution in [0.3, 0.4) is 0 Å². The molecule has 4 rings (SSSR count). The maximum absolute atomic E-state index is 13.5. The number of furan rings is 1. The van der Waals surface area contributed by atoms with E-state index in [4.69, 9.17) is 14.1 Å². The van der Waals surface area contributed by atoms with E-state index >= 15 is 0 Å². The Morgan fingerprint density at radius 1 is 1.43 bits per heavy atom. The van der Waals surface area contributed by atoms with E-state index in [0.29, 0.717) is 19.2 Å². The molecular formula is C21H30N4O3. The molecule has 2 atom stereocenters.